The second-order valence-electron chi connectivity index (χ2n) is 4.16. The Morgan fingerprint density at radius 2 is 2.38 bits per heavy atom. The maximum Gasteiger partial charge on any atom is 0.230 e. The second-order valence-corrected chi connectivity index (χ2v) is 6.18. The Labute approximate surface area is 104 Å². The van der Waals surface area contributed by atoms with Crippen molar-refractivity contribution in [2.45, 2.75) is 25.1 Å². The molecule has 0 radical (unpaired) electrons. The quantitative estimate of drug-likeness (QED) is 0.820. The Morgan fingerprint density at radius 3 is 2.94 bits per heavy atom. The number of nitrogens with one attached hydrogen (secondary N) is 1. The Kier molecular flexibility index (Phi) is 5.31. The zero-order valence-electron chi connectivity index (χ0n) is 9.53. The molecule has 0 unspecified atom stereocenters. The molecule has 1 heterocycles. The standard InChI is InChI=1S/C11H17NO2S2/c1-11(2,8-13)12-10(14)7-15-6-9-4-3-5-16-9/h3-5,13H,6-8H2,1-2H3,(H,12,14). The molecule has 0 spiro atoms. The topological polar surface area (TPSA) is 49.3 Å². The first-order valence-electron chi connectivity index (χ1n) is 5.05. The van der Waals surface area contributed by atoms with Crippen molar-refractivity contribution in [1.29, 1.82) is 0 Å². The van der Waals surface area contributed by atoms with E-state index in [2.05, 4.69) is 11.4 Å². The van der Waals surface area contributed by atoms with E-state index < -0.39 is 5.54 Å². The number of rotatable bonds is 6. The minimum Gasteiger partial charge on any atom is -0.394 e. The fraction of sp³-hybridized carbons (Fsp3) is 0.545. The number of hydrogen-bond donors (Lipinski definition) is 2. The Hall–Kier alpha value is -0.520. The molecule has 16 heavy (non-hydrogen) atoms. The second kappa shape index (κ2) is 6.27. The van der Waals surface area contributed by atoms with Gasteiger partial charge in [0.2, 0.25) is 5.91 Å². The van der Waals surface area contributed by atoms with Gasteiger partial charge < -0.3 is 10.4 Å². The van der Waals surface area contributed by atoms with E-state index in [1.807, 2.05) is 11.4 Å². The third kappa shape index (κ3) is 5.01. The molecule has 0 atom stereocenters. The van der Waals surface area contributed by atoms with E-state index in [9.17, 15) is 4.79 Å². The molecule has 1 amide bonds. The van der Waals surface area contributed by atoms with Gasteiger partial charge in [-0.25, -0.2) is 0 Å². The summed E-state index contributed by atoms with van der Waals surface area (Å²) in [5, 5.41) is 13.8. The number of thiophene rings is 1. The first kappa shape index (κ1) is 13.5. The molecule has 1 rings (SSSR count). The third-order valence-corrected chi connectivity index (χ3v) is 3.97. The van der Waals surface area contributed by atoms with Gasteiger partial charge in [-0.2, -0.15) is 0 Å². The molecular weight excluding hydrogens is 242 g/mol. The van der Waals surface area contributed by atoms with Crippen LogP contribution in [0.25, 0.3) is 0 Å². The van der Waals surface area contributed by atoms with Crippen molar-refractivity contribution in [3.05, 3.63) is 22.4 Å². The van der Waals surface area contributed by atoms with Gasteiger partial charge in [-0.1, -0.05) is 6.07 Å². The predicted molar refractivity (Wildman–Crippen MR) is 69.8 cm³/mol. The van der Waals surface area contributed by atoms with Crippen LogP contribution in [-0.2, 0) is 10.5 Å². The molecule has 2 N–H and O–H groups in total. The van der Waals surface area contributed by atoms with E-state index in [1.165, 1.54) is 4.88 Å². The van der Waals surface area contributed by atoms with Gasteiger partial charge in [0, 0.05) is 10.6 Å². The van der Waals surface area contributed by atoms with E-state index >= 15 is 0 Å². The van der Waals surface area contributed by atoms with Crippen LogP contribution in [-0.4, -0.2) is 28.9 Å². The third-order valence-electron chi connectivity index (χ3n) is 1.93. The summed E-state index contributed by atoms with van der Waals surface area (Å²) in [7, 11) is 0. The molecule has 3 nitrogen and oxygen atoms in total. The van der Waals surface area contributed by atoms with Gasteiger partial charge in [0.15, 0.2) is 0 Å². The largest absolute Gasteiger partial charge is 0.394 e. The van der Waals surface area contributed by atoms with Gasteiger partial charge in [-0.15, -0.1) is 23.1 Å². The Morgan fingerprint density at radius 1 is 1.62 bits per heavy atom. The zero-order chi connectivity index (χ0) is 12.0. The van der Waals surface area contributed by atoms with Crippen LogP contribution in [0.15, 0.2) is 17.5 Å². The lowest BCUT2D eigenvalue weighted by Crippen LogP contribution is -2.47. The number of hydrogen-bond acceptors (Lipinski definition) is 4. The van der Waals surface area contributed by atoms with Crippen molar-refractivity contribution >= 4 is 29.0 Å². The lowest BCUT2D eigenvalue weighted by molar-refractivity contribution is -0.120. The van der Waals surface area contributed by atoms with Crippen LogP contribution in [0, 0.1) is 0 Å². The maximum absolute atomic E-state index is 11.5. The monoisotopic (exact) mass is 259 g/mol. The van der Waals surface area contributed by atoms with Crippen LogP contribution in [0.4, 0.5) is 0 Å². The number of aliphatic hydroxyl groups excluding tert-OH is 1. The Balaban J connectivity index is 2.20. The minimum atomic E-state index is -0.527. The summed E-state index contributed by atoms with van der Waals surface area (Å²) in [5.41, 5.74) is -0.527. The van der Waals surface area contributed by atoms with Crippen LogP contribution >= 0.6 is 23.1 Å². The van der Waals surface area contributed by atoms with E-state index in [4.69, 9.17) is 5.11 Å². The molecule has 0 fully saturated rings. The molecule has 0 bridgehead atoms. The van der Waals surface area contributed by atoms with E-state index in [-0.39, 0.29) is 12.5 Å². The molecule has 0 aliphatic carbocycles. The van der Waals surface area contributed by atoms with Crippen LogP contribution in [0.2, 0.25) is 0 Å². The van der Waals surface area contributed by atoms with Gasteiger partial charge >= 0.3 is 0 Å². The van der Waals surface area contributed by atoms with Crippen molar-refractivity contribution in [2.24, 2.45) is 0 Å². The normalized spacial score (nSPS) is 11.4. The van der Waals surface area contributed by atoms with Crippen molar-refractivity contribution in [3.8, 4) is 0 Å². The summed E-state index contributed by atoms with van der Waals surface area (Å²) in [6.45, 7) is 3.55. The van der Waals surface area contributed by atoms with Crippen LogP contribution in [0.3, 0.4) is 0 Å². The number of carbonyl (C=O) groups excluding carboxylic acids is 1. The summed E-state index contributed by atoms with van der Waals surface area (Å²) in [6.07, 6.45) is 0. The van der Waals surface area contributed by atoms with Crippen molar-refractivity contribution in [2.75, 3.05) is 12.4 Å². The lowest BCUT2D eigenvalue weighted by atomic mass is 10.1. The summed E-state index contributed by atoms with van der Waals surface area (Å²) in [4.78, 5) is 12.8. The highest BCUT2D eigenvalue weighted by Crippen LogP contribution is 2.16. The minimum absolute atomic E-state index is 0.0272. The first-order chi connectivity index (χ1) is 7.53. The van der Waals surface area contributed by atoms with E-state index in [1.54, 1.807) is 36.9 Å². The van der Waals surface area contributed by atoms with Gasteiger partial charge in [0.1, 0.15) is 0 Å². The molecule has 0 aliphatic rings. The van der Waals surface area contributed by atoms with Crippen molar-refractivity contribution in [1.82, 2.24) is 5.32 Å². The predicted octanol–water partition coefficient (Wildman–Crippen LogP) is 1.87. The van der Waals surface area contributed by atoms with Gasteiger partial charge in [-0.05, 0) is 25.3 Å². The highest BCUT2D eigenvalue weighted by Gasteiger charge is 2.18. The van der Waals surface area contributed by atoms with Crippen LogP contribution < -0.4 is 5.32 Å². The Bertz CT molecular complexity index is 323. The van der Waals surface area contributed by atoms with Crippen LogP contribution in [0.5, 0.6) is 0 Å². The van der Waals surface area contributed by atoms with Gasteiger partial charge in [-0.3, -0.25) is 4.79 Å². The molecule has 0 saturated carbocycles. The molecule has 0 aromatic carbocycles. The van der Waals surface area contributed by atoms with E-state index in [0.29, 0.717) is 5.75 Å². The fourth-order valence-electron chi connectivity index (χ4n) is 1.09. The number of thioether (sulfide) groups is 1. The summed E-state index contributed by atoms with van der Waals surface area (Å²) >= 11 is 3.29. The SMILES string of the molecule is CC(C)(CO)NC(=O)CSCc1cccs1. The lowest BCUT2D eigenvalue weighted by Gasteiger charge is -2.23. The maximum atomic E-state index is 11.5. The average molecular weight is 259 g/mol. The summed E-state index contributed by atoms with van der Waals surface area (Å²) < 4.78 is 0. The first-order valence-corrected chi connectivity index (χ1v) is 7.09. The smallest absolute Gasteiger partial charge is 0.230 e. The summed E-state index contributed by atoms with van der Waals surface area (Å²) in [5.74, 6) is 1.27. The van der Waals surface area contributed by atoms with Crippen molar-refractivity contribution < 1.29 is 9.90 Å². The molecule has 0 saturated heterocycles. The molecular formula is C11H17NO2S2. The molecule has 0 aliphatic heterocycles. The highest BCUT2D eigenvalue weighted by molar-refractivity contribution is 7.99. The van der Waals surface area contributed by atoms with Crippen molar-refractivity contribution in [3.63, 3.8) is 0 Å². The molecule has 1 aromatic rings. The van der Waals surface area contributed by atoms with Crippen LogP contribution in [0.1, 0.15) is 18.7 Å². The highest BCUT2D eigenvalue weighted by atomic mass is 32.2. The van der Waals surface area contributed by atoms with Gasteiger partial charge in [0.25, 0.3) is 0 Å². The summed E-state index contributed by atoms with van der Waals surface area (Å²) in [6, 6.07) is 4.07. The van der Waals surface area contributed by atoms with E-state index in [0.717, 1.165) is 5.75 Å². The molecule has 90 valence electrons. The number of aliphatic hydroxyl groups is 1. The number of carbonyl (C=O) groups is 1. The molecule has 5 heteroatoms. The molecule has 1 aromatic heterocycles. The number of amides is 1. The fourth-order valence-corrected chi connectivity index (χ4v) is 2.76. The zero-order valence-corrected chi connectivity index (χ0v) is 11.2. The average Bonchev–Trinajstić information content (AvgIpc) is 2.70. The van der Waals surface area contributed by atoms with Gasteiger partial charge in [0.05, 0.1) is 17.9 Å².